The molecule has 0 spiro atoms. The quantitative estimate of drug-likeness (QED) is 0.608. The Morgan fingerprint density at radius 2 is 2.31 bits per heavy atom. The Morgan fingerprint density at radius 3 is 2.85 bits per heavy atom. The van der Waals surface area contributed by atoms with E-state index < -0.39 is 4.92 Å². The topological polar surface area (TPSA) is 52.4 Å². The van der Waals surface area contributed by atoms with Crippen LogP contribution in [0.4, 0.5) is 5.69 Å². The van der Waals surface area contributed by atoms with Crippen LogP contribution in [-0.4, -0.2) is 11.5 Å². The Balaban J connectivity index is 3.17. The van der Waals surface area contributed by atoms with Crippen molar-refractivity contribution in [2.45, 2.75) is 6.92 Å². The number of ether oxygens (including phenoxy) is 1. The molecule has 5 heteroatoms. The predicted octanol–water partition coefficient (Wildman–Crippen LogP) is 2.76. The number of rotatable bonds is 3. The second-order valence-electron chi connectivity index (χ2n) is 2.28. The van der Waals surface area contributed by atoms with Gasteiger partial charge in [0.1, 0.15) is 0 Å². The normalized spacial score (nSPS) is 9.69. The van der Waals surface area contributed by atoms with Crippen molar-refractivity contribution >= 4 is 21.6 Å². The van der Waals surface area contributed by atoms with E-state index in [1.807, 2.05) is 0 Å². The van der Waals surface area contributed by atoms with Crippen molar-refractivity contribution in [3.8, 4) is 5.75 Å². The monoisotopic (exact) mass is 245 g/mol. The Morgan fingerprint density at radius 1 is 1.62 bits per heavy atom. The number of nitrogens with zero attached hydrogens (tertiary/aromatic N) is 1. The van der Waals surface area contributed by atoms with Crippen LogP contribution in [0.1, 0.15) is 6.92 Å². The van der Waals surface area contributed by atoms with Crippen LogP contribution in [0.15, 0.2) is 22.7 Å². The average molecular weight is 246 g/mol. The third-order valence-electron chi connectivity index (χ3n) is 1.43. The summed E-state index contributed by atoms with van der Waals surface area (Å²) >= 11 is 3.10. The molecule has 0 aliphatic carbocycles. The summed E-state index contributed by atoms with van der Waals surface area (Å²) in [6.07, 6.45) is 0. The van der Waals surface area contributed by atoms with E-state index in [-0.39, 0.29) is 5.69 Å². The molecular weight excluding hydrogens is 238 g/mol. The molecule has 1 aromatic carbocycles. The summed E-state index contributed by atoms with van der Waals surface area (Å²) in [6.45, 7) is 2.20. The van der Waals surface area contributed by atoms with E-state index in [4.69, 9.17) is 4.74 Å². The predicted molar refractivity (Wildman–Crippen MR) is 52.0 cm³/mol. The van der Waals surface area contributed by atoms with E-state index >= 15 is 0 Å². The first-order chi connectivity index (χ1) is 6.16. The van der Waals surface area contributed by atoms with Gasteiger partial charge in [-0.25, -0.2) is 0 Å². The highest BCUT2D eigenvalue weighted by molar-refractivity contribution is 9.10. The number of nitro benzene ring substituents is 1. The summed E-state index contributed by atoms with van der Waals surface area (Å²) in [5.74, 6) is 0.293. The van der Waals surface area contributed by atoms with Gasteiger partial charge in [-0.05, 0) is 35.0 Å². The second kappa shape index (κ2) is 4.23. The van der Waals surface area contributed by atoms with Crippen molar-refractivity contribution in [3.63, 3.8) is 0 Å². The number of hydrogen-bond acceptors (Lipinski definition) is 3. The van der Waals surface area contributed by atoms with Crippen LogP contribution < -0.4 is 4.74 Å². The summed E-state index contributed by atoms with van der Waals surface area (Å²) in [4.78, 5) is 10.1. The first kappa shape index (κ1) is 9.98. The maximum absolute atomic E-state index is 10.6. The lowest BCUT2D eigenvalue weighted by Gasteiger charge is -2.04. The van der Waals surface area contributed by atoms with Gasteiger partial charge in [0.25, 0.3) is 0 Å². The van der Waals surface area contributed by atoms with Gasteiger partial charge >= 0.3 is 5.69 Å². The van der Waals surface area contributed by atoms with Crippen LogP contribution in [0.2, 0.25) is 0 Å². The van der Waals surface area contributed by atoms with Gasteiger partial charge in [-0.1, -0.05) is 6.07 Å². The number of para-hydroxylation sites is 1. The van der Waals surface area contributed by atoms with Crippen molar-refractivity contribution in [1.29, 1.82) is 0 Å². The standard InChI is InChI=1S/C8H8BrNO3/c1-2-13-7-5-3-4-6(9)8(7)10(11)12/h3-5H,2H2,1H3. The smallest absolute Gasteiger partial charge is 0.324 e. The Kier molecular flexibility index (Phi) is 3.25. The van der Waals surface area contributed by atoms with Crippen LogP contribution in [0.3, 0.4) is 0 Å². The van der Waals surface area contributed by atoms with E-state index in [0.29, 0.717) is 16.8 Å². The minimum atomic E-state index is -0.463. The molecule has 0 amide bonds. The summed E-state index contributed by atoms with van der Waals surface area (Å²) < 4.78 is 5.54. The van der Waals surface area contributed by atoms with Crippen molar-refractivity contribution in [2.24, 2.45) is 0 Å². The molecule has 1 aromatic rings. The van der Waals surface area contributed by atoms with Crippen LogP contribution in [0.5, 0.6) is 5.75 Å². The average Bonchev–Trinajstić information content (AvgIpc) is 2.04. The molecule has 0 atom stereocenters. The lowest BCUT2D eigenvalue weighted by Crippen LogP contribution is -1.97. The summed E-state index contributed by atoms with van der Waals surface area (Å²) in [6, 6.07) is 4.88. The van der Waals surface area contributed by atoms with Gasteiger partial charge in [-0.3, -0.25) is 10.1 Å². The van der Waals surface area contributed by atoms with Gasteiger partial charge in [-0.15, -0.1) is 0 Å². The molecule has 13 heavy (non-hydrogen) atoms. The molecule has 0 heterocycles. The molecule has 0 aliphatic heterocycles. The molecule has 0 saturated carbocycles. The first-order valence-corrected chi connectivity index (χ1v) is 4.51. The maximum Gasteiger partial charge on any atom is 0.324 e. The van der Waals surface area contributed by atoms with Crippen molar-refractivity contribution in [2.75, 3.05) is 6.61 Å². The molecule has 0 unspecified atom stereocenters. The van der Waals surface area contributed by atoms with E-state index in [1.165, 1.54) is 0 Å². The van der Waals surface area contributed by atoms with Crippen molar-refractivity contribution in [3.05, 3.63) is 32.8 Å². The van der Waals surface area contributed by atoms with Crippen molar-refractivity contribution < 1.29 is 9.66 Å². The molecule has 70 valence electrons. The number of benzene rings is 1. The SMILES string of the molecule is CCOc1cccc(Br)c1[N+](=O)[O-]. The third-order valence-corrected chi connectivity index (χ3v) is 2.07. The van der Waals surface area contributed by atoms with E-state index in [1.54, 1.807) is 25.1 Å². The number of nitro groups is 1. The summed E-state index contributed by atoms with van der Waals surface area (Å²) in [5.41, 5.74) is -0.0237. The number of halogens is 1. The van der Waals surface area contributed by atoms with Gasteiger partial charge in [0, 0.05) is 0 Å². The Bertz CT molecular complexity index is 327. The largest absolute Gasteiger partial charge is 0.487 e. The molecule has 0 bridgehead atoms. The lowest BCUT2D eigenvalue weighted by molar-refractivity contribution is -0.386. The molecule has 0 radical (unpaired) electrons. The minimum Gasteiger partial charge on any atom is -0.487 e. The molecule has 0 fully saturated rings. The van der Waals surface area contributed by atoms with Crippen LogP contribution in [0, 0.1) is 10.1 Å². The molecule has 4 nitrogen and oxygen atoms in total. The molecular formula is C8H8BrNO3. The fourth-order valence-corrected chi connectivity index (χ4v) is 1.44. The molecule has 0 aliphatic rings. The van der Waals surface area contributed by atoms with Crippen LogP contribution in [-0.2, 0) is 0 Å². The zero-order valence-corrected chi connectivity index (χ0v) is 8.58. The zero-order valence-electron chi connectivity index (χ0n) is 6.99. The van der Waals surface area contributed by atoms with Crippen LogP contribution in [0.25, 0.3) is 0 Å². The Labute approximate surface area is 83.8 Å². The summed E-state index contributed by atoms with van der Waals surface area (Å²) in [7, 11) is 0. The molecule has 0 saturated heterocycles. The molecule has 0 aromatic heterocycles. The minimum absolute atomic E-state index is 0.0237. The lowest BCUT2D eigenvalue weighted by atomic mass is 10.3. The third kappa shape index (κ3) is 2.18. The van der Waals surface area contributed by atoms with Gasteiger partial charge in [0.05, 0.1) is 16.0 Å². The van der Waals surface area contributed by atoms with Gasteiger partial charge in [-0.2, -0.15) is 0 Å². The highest BCUT2D eigenvalue weighted by Gasteiger charge is 2.18. The first-order valence-electron chi connectivity index (χ1n) is 3.72. The fraction of sp³-hybridized carbons (Fsp3) is 0.250. The van der Waals surface area contributed by atoms with E-state index in [0.717, 1.165) is 0 Å². The second-order valence-corrected chi connectivity index (χ2v) is 3.13. The Hall–Kier alpha value is -1.10. The maximum atomic E-state index is 10.6. The van der Waals surface area contributed by atoms with E-state index in [9.17, 15) is 10.1 Å². The zero-order chi connectivity index (χ0) is 9.84. The van der Waals surface area contributed by atoms with Gasteiger partial charge < -0.3 is 4.74 Å². The fourth-order valence-electron chi connectivity index (χ4n) is 0.945. The molecule has 1 rings (SSSR count). The number of hydrogen-bond donors (Lipinski definition) is 0. The van der Waals surface area contributed by atoms with Gasteiger partial charge in [0.15, 0.2) is 5.75 Å². The van der Waals surface area contributed by atoms with Gasteiger partial charge in [0.2, 0.25) is 0 Å². The molecule has 0 N–H and O–H groups in total. The van der Waals surface area contributed by atoms with Crippen molar-refractivity contribution in [1.82, 2.24) is 0 Å². The van der Waals surface area contributed by atoms with Crippen LogP contribution >= 0.6 is 15.9 Å². The highest BCUT2D eigenvalue weighted by Crippen LogP contribution is 2.34. The summed E-state index contributed by atoms with van der Waals surface area (Å²) in [5, 5.41) is 10.6. The highest BCUT2D eigenvalue weighted by atomic mass is 79.9. The van der Waals surface area contributed by atoms with E-state index in [2.05, 4.69) is 15.9 Å².